The Labute approximate surface area is 49.3 Å². The molecule has 0 aliphatic heterocycles. The number of hydrogen-bond donors (Lipinski definition) is 0. The maximum Gasteiger partial charge on any atom is 0.110 e. The van der Waals surface area contributed by atoms with E-state index < -0.39 is 7.91 Å². The molecular formula is AgFO3P-2. The summed E-state index contributed by atoms with van der Waals surface area (Å²) in [5, 5.41) is 0. The molecule has 0 aromatic carbocycles. The quantitative estimate of drug-likeness (QED) is 0.368. The van der Waals surface area contributed by atoms with Crippen molar-refractivity contribution in [3.05, 3.63) is 0 Å². The van der Waals surface area contributed by atoms with Crippen molar-refractivity contribution in [1.82, 2.24) is 0 Å². The Morgan fingerprint density at radius 1 is 1.50 bits per heavy atom. The van der Waals surface area contributed by atoms with Crippen LogP contribution in [0, 0.1) is 0 Å². The summed E-state index contributed by atoms with van der Waals surface area (Å²) in [6.45, 7) is 0. The van der Waals surface area contributed by atoms with Crippen molar-refractivity contribution in [2.75, 3.05) is 0 Å². The van der Waals surface area contributed by atoms with Crippen LogP contribution in [0.5, 0.6) is 0 Å². The normalized spacial score (nSPS) is 9.83. The minimum Gasteiger partial charge on any atom is -0.786 e. The molecule has 0 unspecified atom stereocenters. The fourth-order valence-corrected chi connectivity index (χ4v) is 0. The van der Waals surface area contributed by atoms with Crippen LogP contribution in [0.2, 0.25) is 0 Å². The topological polar surface area (TPSA) is 63.2 Å². The Kier molecular flexibility index (Phi) is 4.82. The van der Waals surface area contributed by atoms with Crippen molar-refractivity contribution < 1.29 is 40.9 Å². The Morgan fingerprint density at radius 2 is 1.50 bits per heavy atom. The molecule has 6 heavy (non-hydrogen) atoms. The van der Waals surface area contributed by atoms with Crippen molar-refractivity contribution in [3.8, 4) is 0 Å². The second-order valence-corrected chi connectivity index (χ2v) is 1.29. The fourth-order valence-electron chi connectivity index (χ4n) is 0. The predicted molar refractivity (Wildman–Crippen MR) is 8.71 cm³/mol. The van der Waals surface area contributed by atoms with Crippen LogP contribution < -0.4 is 9.79 Å². The van der Waals surface area contributed by atoms with Crippen LogP contribution in [0.15, 0.2) is 0 Å². The van der Waals surface area contributed by atoms with Gasteiger partial charge in [-0.1, -0.05) is 0 Å². The molecule has 0 amide bonds. The predicted octanol–water partition coefficient (Wildman–Crippen LogP) is -1.22. The van der Waals surface area contributed by atoms with E-state index in [9.17, 15) is 4.20 Å². The first-order valence-electron chi connectivity index (χ1n) is 0.717. The Bertz CT molecular complexity index is 56.9. The van der Waals surface area contributed by atoms with E-state index in [-0.39, 0.29) is 22.4 Å². The minimum absolute atomic E-state index is 0. The molecule has 0 fully saturated rings. The molecule has 0 bridgehead atoms. The summed E-state index contributed by atoms with van der Waals surface area (Å²) in [6, 6.07) is 0. The molecule has 1 radical (unpaired) electrons. The first kappa shape index (κ1) is 9.94. The Hall–Kier alpha value is 0.820. The van der Waals surface area contributed by atoms with Crippen LogP contribution in [0.3, 0.4) is 0 Å². The number of hydrogen-bond acceptors (Lipinski definition) is 3. The fraction of sp³-hybridized carbons (Fsp3) is 0. The van der Waals surface area contributed by atoms with Gasteiger partial charge in [0.15, 0.2) is 0 Å². The molecule has 43 valence electrons. The Balaban J connectivity index is 0. The SMILES string of the molecule is O=P([O-])([O-])F.[Ag]. The largest absolute Gasteiger partial charge is 0.786 e. The van der Waals surface area contributed by atoms with E-state index in [0.717, 1.165) is 0 Å². The maximum absolute atomic E-state index is 10.1. The van der Waals surface area contributed by atoms with E-state index in [2.05, 4.69) is 0 Å². The molecule has 0 rings (SSSR count). The summed E-state index contributed by atoms with van der Waals surface area (Å²) in [5.74, 6) is 0. The van der Waals surface area contributed by atoms with Gasteiger partial charge >= 0.3 is 0 Å². The summed E-state index contributed by atoms with van der Waals surface area (Å²) >= 11 is 0. The first-order valence-corrected chi connectivity index (χ1v) is 2.15. The van der Waals surface area contributed by atoms with Crippen molar-refractivity contribution in [2.45, 2.75) is 0 Å². The Morgan fingerprint density at radius 3 is 1.50 bits per heavy atom. The van der Waals surface area contributed by atoms with Crippen molar-refractivity contribution in [3.63, 3.8) is 0 Å². The van der Waals surface area contributed by atoms with Gasteiger partial charge < -0.3 is 14.4 Å². The first-order chi connectivity index (χ1) is 2.00. The van der Waals surface area contributed by atoms with Gasteiger partial charge in [-0.05, 0) is 0 Å². The second-order valence-electron chi connectivity index (χ2n) is 0.431. The third-order valence-corrected chi connectivity index (χ3v) is 0. The molecule has 0 saturated carbocycles. The molecule has 0 spiro atoms. The van der Waals surface area contributed by atoms with Crippen LogP contribution in [-0.4, -0.2) is 0 Å². The average Bonchev–Trinajstić information content (AvgIpc) is 0.722. The van der Waals surface area contributed by atoms with Gasteiger partial charge in [0.05, 0.1) is 0 Å². The van der Waals surface area contributed by atoms with Crippen LogP contribution in [0.4, 0.5) is 4.20 Å². The van der Waals surface area contributed by atoms with Crippen molar-refractivity contribution in [1.29, 1.82) is 0 Å². The van der Waals surface area contributed by atoms with Crippen molar-refractivity contribution >= 4 is 7.91 Å². The van der Waals surface area contributed by atoms with Gasteiger partial charge in [-0.25, -0.2) is 4.20 Å². The molecule has 0 saturated heterocycles. The van der Waals surface area contributed by atoms with Crippen LogP contribution >= 0.6 is 7.91 Å². The van der Waals surface area contributed by atoms with E-state index in [0.29, 0.717) is 0 Å². The molecule has 0 aromatic rings. The van der Waals surface area contributed by atoms with E-state index in [1.54, 1.807) is 0 Å². The molecule has 3 nitrogen and oxygen atoms in total. The smallest absolute Gasteiger partial charge is 0.110 e. The van der Waals surface area contributed by atoms with Crippen LogP contribution in [0.25, 0.3) is 0 Å². The van der Waals surface area contributed by atoms with Gasteiger partial charge in [0.1, 0.15) is 7.91 Å². The monoisotopic (exact) mass is 205 g/mol. The average molecular weight is 206 g/mol. The zero-order valence-corrected chi connectivity index (χ0v) is 4.73. The second kappa shape index (κ2) is 2.91. The van der Waals surface area contributed by atoms with Gasteiger partial charge in [-0.15, -0.1) is 0 Å². The third-order valence-electron chi connectivity index (χ3n) is 0. The van der Waals surface area contributed by atoms with E-state index >= 15 is 0 Å². The molecule has 0 aromatic heterocycles. The molecule has 0 N–H and O–H groups in total. The van der Waals surface area contributed by atoms with Crippen molar-refractivity contribution in [2.24, 2.45) is 0 Å². The summed E-state index contributed by atoms with van der Waals surface area (Å²) in [7, 11) is -5.64. The van der Waals surface area contributed by atoms with E-state index in [1.165, 1.54) is 0 Å². The van der Waals surface area contributed by atoms with Gasteiger partial charge in [0, 0.05) is 22.4 Å². The summed E-state index contributed by atoms with van der Waals surface area (Å²) in [6.07, 6.45) is 0. The van der Waals surface area contributed by atoms with Gasteiger partial charge in [-0.2, -0.15) is 0 Å². The summed E-state index contributed by atoms with van der Waals surface area (Å²) in [4.78, 5) is 16.9. The van der Waals surface area contributed by atoms with Gasteiger partial charge in [0.25, 0.3) is 0 Å². The van der Waals surface area contributed by atoms with Gasteiger partial charge in [0.2, 0.25) is 0 Å². The third kappa shape index (κ3) is 105. The molecule has 0 aliphatic carbocycles. The maximum atomic E-state index is 10.1. The molecule has 0 heterocycles. The number of rotatable bonds is 0. The standard InChI is InChI=1S/Ag.FH2O3P/c;1-5(2,3)4/h;(H2,2,3,4)/p-2. The molecule has 6 heteroatoms. The van der Waals surface area contributed by atoms with E-state index in [4.69, 9.17) is 14.4 Å². The zero-order chi connectivity index (χ0) is 4.50. The van der Waals surface area contributed by atoms with Crippen LogP contribution in [0.1, 0.15) is 0 Å². The summed E-state index contributed by atoms with van der Waals surface area (Å²) < 4.78 is 18.6. The van der Waals surface area contributed by atoms with Crippen LogP contribution in [-0.2, 0) is 26.9 Å². The number of halogens is 1. The minimum atomic E-state index is -5.64. The van der Waals surface area contributed by atoms with Gasteiger partial charge in [-0.3, -0.25) is 0 Å². The summed E-state index contributed by atoms with van der Waals surface area (Å²) in [5.41, 5.74) is 0. The molecular weight excluding hydrogens is 206 g/mol. The zero-order valence-electron chi connectivity index (χ0n) is 2.35. The van der Waals surface area contributed by atoms with E-state index in [1.807, 2.05) is 0 Å². The molecule has 0 aliphatic rings. The molecule has 0 atom stereocenters.